The minimum absolute atomic E-state index is 0.377. The lowest BCUT2D eigenvalue weighted by Crippen LogP contribution is -2.33. The van der Waals surface area contributed by atoms with Crippen molar-refractivity contribution >= 4 is 5.91 Å². The summed E-state index contributed by atoms with van der Waals surface area (Å²) in [6, 6.07) is 3.50. The molecule has 0 aliphatic rings. The van der Waals surface area contributed by atoms with Crippen molar-refractivity contribution in [2.45, 2.75) is 19.9 Å². The largest absolute Gasteiger partial charge is 0.496 e. The maximum Gasteiger partial charge on any atom is 0.239 e. The fourth-order valence-corrected chi connectivity index (χ4v) is 2.16. The third-order valence-electron chi connectivity index (χ3n) is 2.73. The number of carbonyl (C=O) groups is 1. The summed E-state index contributed by atoms with van der Waals surface area (Å²) in [6.07, 6.45) is 0. The van der Waals surface area contributed by atoms with E-state index in [1.54, 1.807) is 12.0 Å². The standard InChI is InChI=1S/C13H20N2O2/c1-8-6-9(2)12(17-5)10(7-8)11(13(14)16)15(3)4/h6-7,11H,1-5H3,(H2,14,16). The Morgan fingerprint density at radius 3 is 2.35 bits per heavy atom. The lowest BCUT2D eigenvalue weighted by molar-refractivity contribution is -0.122. The van der Waals surface area contributed by atoms with Crippen LogP contribution in [0.3, 0.4) is 0 Å². The van der Waals surface area contributed by atoms with Crippen LogP contribution in [0.1, 0.15) is 22.7 Å². The van der Waals surface area contributed by atoms with Crippen LogP contribution < -0.4 is 10.5 Å². The summed E-state index contributed by atoms with van der Waals surface area (Å²) in [6.45, 7) is 3.95. The van der Waals surface area contributed by atoms with Crippen molar-refractivity contribution in [1.82, 2.24) is 4.90 Å². The highest BCUT2D eigenvalue weighted by molar-refractivity contribution is 5.82. The van der Waals surface area contributed by atoms with Crippen LogP contribution in [0.2, 0.25) is 0 Å². The third kappa shape index (κ3) is 2.77. The highest BCUT2D eigenvalue weighted by Gasteiger charge is 2.24. The van der Waals surface area contributed by atoms with E-state index >= 15 is 0 Å². The molecular formula is C13H20N2O2. The summed E-state index contributed by atoms with van der Waals surface area (Å²) < 4.78 is 5.38. The Bertz CT molecular complexity index is 428. The highest BCUT2D eigenvalue weighted by Crippen LogP contribution is 2.32. The zero-order chi connectivity index (χ0) is 13.2. The predicted molar refractivity (Wildman–Crippen MR) is 68.1 cm³/mol. The van der Waals surface area contributed by atoms with Gasteiger partial charge in [-0.3, -0.25) is 9.69 Å². The van der Waals surface area contributed by atoms with Gasteiger partial charge in [-0.2, -0.15) is 0 Å². The van der Waals surface area contributed by atoms with Gasteiger partial charge in [0.05, 0.1) is 7.11 Å². The second-order valence-corrected chi connectivity index (χ2v) is 4.47. The van der Waals surface area contributed by atoms with E-state index in [2.05, 4.69) is 0 Å². The molecule has 0 aromatic heterocycles. The Hall–Kier alpha value is -1.55. The van der Waals surface area contributed by atoms with Crippen LogP contribution in [0, 0.1) is 13.8 Å². The lowest BCUT2D eigenvalue weighted by Gasteiger charge is -2.24. The second kappa shape index (κ2) is 5.19. The Kier molecular flexibility index (Phi) is 4.12. The molecule has 1 unspecified atom stereocenters. The molecule has 1 atom stereocenters. The Morgan fingerprint density at radius 2 is 1.94 bits per heavy atom. The van der Waals surface area contributed by atoms with Gasteiger partial charge in [-0.25, -0.2) is 0 Å². The van der Waals surface area contributed by atoms with Crippen molar-refractivity contribution in [1.29, 1.82) is 0 Å². The Labute approximate surface area is 102 Å². The number of hydrogen-bond donors (Lipinski definition) is 1. The van der Waals surface area contributed by atoms with Gasteiger partial charge in [-0.1, -0.05) is 17.7 Å². The van der Waals surface area contributed by atoms with E-state index in [0.717, 1.165) is 22.4 Å². The van der Waals surface area contributed by atoms with Crippen LogP contribution >= 0.6 is 0 Å². The first-order valence-electron chi connectivity index (χ1n) is 5.49. The van der Waals surface area contributed by atoms with E-state index in [0.29, 0.717) is 0 Å². The number of nitrogens with two attached hydrogens (primary N) is 1. The highest BCUT2D eigenvalue weighted by atomic mass is 16.5. The molecule has 0 heterocycles. The molecule has 1 aromatic carbocycles. The molecule has 1 amide bonds. The van der Waals surface area contributed by atoms with Crippen molar-refractivity contribution in [2.24, 2.45) is 5.73 Å². The summed E-state index contributed by atoms with van der Waals surface area (Å²) in [7, 11) is 5.26. The average Bonchev–Trinajstić information content (AvgIpc) is 2.15. The molecule has 94 valence electrons. The zero-order valence-corrected chi connectivity index (χ0v) is 11.1. The number of hydrogen-bond acceptors (Lipinski definition) is 3. The maximum atomic E-state index is 11.6. The molecule has 4 heteroatoms. The van der Waals surface area contributed by atoms with E-state index in [-0.39, 0.29) is 5.91 Å². The normalized spacial score (nSPS) is 12.6. The van der Waals surface area contributed by atoms with E-state index in [4.69, 9.17) is 10.5 Å². The van der Waals surface area contributed by atoms with Crippen LogP contribution in [0.4, 0.5) is 0 Å². The molecule has 0 saturated carbocycles. The van der Waals surface area contributed by atoms with Gasteiger partial charge in [0.15, 0.2) is 0 Å². The summed E-state index contributed by atoms with van der Waals surface area (Å²) in [5.74, 6) is 0.353. The van der Waals surface area contributed by atoms with Crippen LogP contribution in [0.25, 0.3) is 0 Å². The van der Waals surface area contributed by atoms with E-state index < -0.39 is 6.04 Å². The van der Waals surface area contributed by atoms with E-state index in [9.17, 15) is 4.79 Å². The number of amides is 1. The van der Waals surface area contributed by atoms with Crippen LogP contribution in [0.5, 0.6) is 5.75 Å². The number of rotatable bonds is 4. The number of likely N-dealkylation sites (N-methyl/N-ethyl adjacent to an activating group) is 1. The molecule has 2 N–H and O–H groups in total. The summed E-state index contributed by atoms with van der Waals surface area (Å²) in [5, 5.41) is 0. The van der Waals surface area contributed by atoms with Gasteiger partial charge in [0, 0.05) is 5.56 Å². The van der Waals surface area contributed by atoms with Gasteiger partial charge < -0.3 is 10.5 Å². The third-order valence-corrected chi connectivity index (χ3v) is 2.73. The van der Waals surface area contributed by atoms with Crippen LogP contribution in [-0.2, 0) is 4.79 Å². The topological polar surface area (TPSA) is 55.6 Å². The molecule has 0 aliphatic carbocycles. The SMILES string of the molecule is COc1c(C)cc(C)cc1C(C(N)=O)N(C)C. The molecular weight excluding hydrogens is 216 g/mol. The average molecular weight is 236 g/mol. The van der Waals surface area contributed by atoms with Crippen molar-refractivity contribution in [3.05, 3.63) is 28.8 Å². The van der Waals surface area contributed by atoms with Crippen LogP contribution in [-0.4, -0.2) is 32.0 Å². The fraction of sp³-hybridized carbons (Fsp3) is 0.462. The Morgan fingerprint density at radius 1 is 1.35 bits per heavy atom. The van der Waals surface area contributed by atoms with Gasteiger partial charge in [0.2, 0.25) is 5.91 Å². The molecule has 0 spiro atoms. The number of nitrogens with zero attached hydrogens (tertiary/aromatic N) is 1. The summed E-state index contributed by atoms with van der Waals surface area (Å²) >= 11 is 0. The quantitative estimate of drug-likeness (QED) is 0.859. The van der Waals surface area contributed by atoms with Crippen molar-refractivity contribution in [3.63, 3.8) is 0 Å². The molecule has 0 saturated heterocycles. The van der Waals surface area contributed by atoms with Crippen molar-refractivity contribution in [2.75, 3.05) is 21.2 Å². The molecule has 0 bridgehead atoms. The van der Waals surface area contributed by atoms with Crippen molar-refractivity contribution in [3.8, 4) is 5.75 Å². The molecule has 4 nitrogen and oxygen atoms in total. The zero-order valence-electron chi connectivity index (χ0n) is 11.1. The summed E-state index contributed by atoms with van der Waals surface area (Å²) in [5.41, 5.74) is 8.38. The molecule has 17 heavy (non-hydrogen) atoms. The van der Waals surface area contributed by atoms with Gasteiger partial charge in [-0.15, -0.1) is 0 Å². The molecule has 0 aliphatic heterocycles. The molecule has 0 radical (unpaired) electrons. The monoisotopic (exact) mass is 236 g/mol. The molecule has 1 rings (SSSR count). The fourth-order valence-electron chi connectivity index (χ4n) is 2.16. The maximum absolute atomic E-state index is 11.6. The smallest absolute Gasteiger partial charge is 0.239 e. The van der Waals surface area contributed by atoms with E-state index in [1.165, 1.54) is 0 Å². The van der Waals surface area contributed by atoms with Crippen molar-refractivity contribution < 1.29 is 9.53 Å². The van der Waals surface area contributed by atoms with Gasteiger partial charge in [0.25, 0.3) is 0 Å². The molecule has 0 fully saturated rings. The van der Waals surface area contributed by atoms with Gasteiger partial charge >= 0.3 is 0 Å². The number of benzene rings is 1. The number of methoxy groups -OCH3 is 1. The second-order valence-electron chi connectivity index (χ2n) is 4.47. The number of aryl methyl sites for hydroxylation is 2. The lowest BCUT2D eigenvalue weighted by atomic mass is 9.98. The first kappa shape index (κ1) is 13.5. The molecule has 1 aromatic rings. The minimum atomic E-state index is -0.469. The van der Waals surface area contributed by atoms with E-state index in [1.807, 2.05) is 40.1 Å². The number of primary amides is 1. The summed E-state index contributed by atoms with van der Waals surface area (Å²) in [4.78, 5) is 13.3. The number of carbonyl (C=O) groups excluding carboxylic acids is 1. The Balaban J connectivity index is 3.41. The first-order chi connectivity index (χ1) is 7.88. The van der Waals surface area contributed by atoms with Gasteiger partial charge in [-0.05, 0) is 33.5 Å². The first-order valence-corrected chi connectivity index (χ1v) is 5.49. The van der Waals surface area contributed by atoms with Gasteiger partial charge in [0.1, 0.15) is 11.8 Å². The van der Waals surface area contributed by atoms with Crippen LogP contribution in [0.15, 0.2) is 12.1 Å². The predicted octanol–water partition coefficient (Wildman–Crippen LogP) is 1.40. The minimum Gasteiger partial charge on any atom is -0.496 e. The number of ether oxygens (including phenoxy) is 1.